The van der Waals surface area contributed by atoms with Gasteiger partial charge in [-0.15, -0.1) is 0 Å². The lowest BCUT2D eigenvalue weighted by Crippen LogP contribution is -2.30. The third kappa shape index (κ3) is 3.30. The van der Waals surface area contributed by atoms with Gasteiger partial charge in [-0.25, -0.2) is 0 Å². The predicted octanol–water partition coefficient (Wildman–Crippen LogP) is 0.877. The van der Waals surface area contributed by atoms with Crippen LogP contribution in [0, 0.1) is 0 Å². The molecule has 5 nitrogen and oxygen atoms in total. The maximum Gasteiger partial charge on any atom is 0.264 e. The topological polar surface area (TPSA) is 63.7 Å². The molecule has 2 rings (SSSR count). The van der Waals surface area contributed by atoms with Crippen molar-refractivity contribution in [3.63, 3.8) is 0 Å². The van der Waals surface area contributed by atoms with Crippen LogP contribution in [0.3, 0.4) is 0 Å². The Bertz CT molecular complexity index is 526. The van der Waals surface area contributed by atoms with E-state index < -0.39 is 16.2 Å². The summed E-state index contributed by atoms with van der Waals surface area (Å²) in [6.45, 7) is 0.842. The van der Waals surface area contributed by atoms with E-state index in [1.165, 1.54) is 0 Å². The number of nitrogens with zero attached hydrogens (tertiary/aromatic N) is 1. The van der Waals surface area contributed by atoms with Crippen molar-refractivity contribution in [3.8, 4) is 0 Å². The number of rotatable bonds is 3. The van der Waals surface area contributed by atoms with Crippen molar-refractivity contribution in [2.45, 2.75) is 12.5 Å². The molecule has 18 heavy (non-hydrogen) atoms. The van der Waals surface area contributed by atoms with Gasteiger partial charge in [0.2, 0.25) is 0 Å². The molecule has 6 heteroatoms. The van der Waals surface area contributed by atoms with Gasteiger partial charge in [0.05, 0.1) is 12.4 Å². The largest absolute Gasteiger partial charge is 0.336 e. The Balaban J connectivity index is 1.99. The third-order valence-corrected chi connectivity index (χ3v) is 3.39. The van der Waals surface area contributed by atoms with Crippen LogP contribution in [0.2, 0.25) is 0 Å². The van der Waals surface area contributed by atoms with Crippen molar-refractivity contribution in [1.29, 1.82) is 0 Å². The minimum absolute atomic E-state index is 0.0878. The van der Waals surface area contributed by atoms with Gasteiger partial charge in [0.25, 0.3) is 16.0 Å². The molecule has 1 aliphatic heterocycles. The van der Waals surface area contributed by atoms with E-state index in [0.717, 1.165) is 6.26 Å². The number of hydrogen-bond acceptors (Lipinski definition) is 4. The average molecular weight is 269 g/mol. The summed E-state index contributed by atoms with van der Waals surface area (Å²) in [4.78, 5) is 13.7. The number of benzene rings is 1. The number of hydrogen-bond donors (Lipinski definition) is 0. The summed E-state index contributed by atoms with van der Waals surface area (Å²) in [7, 11) is -3.46. The SMILES string of the molecule is CS(=O)(=O)O[C@@H]1CCN(C(=O)c2ccccc2)C1. The molecule has 1 aromatic carbocycles. The highest BCUT2D eigenvalue weighted by atomic mass is 32.2. The van der Waals surface area contributed by atoms with Gasteiger partial charge < -0.3 is 4.90 Å². The van der Waals surface area contributed by atoms with Crippen LogP contribution in [-0.4, -0.2) is 44.7 Å². The second-order valence-corrected chi connectivity index (χ2v) is 5.93. The van der Waals surface area contributed by atoms with Crippen molar-refractivity contribution in [2.75, 3.05) is 19.3 Å². The molecule has 1 amide bonds. The van der Waals surface area contributed by atoms with Crippen molar-refractivity contribution >= 4 is 16.0 Å². The molecule has 0 unspecified atom stereocenters. The van der Waals surface area contributed by atoms with Gasteiger partial charge in [-0.2, -0.15) is 8.42 Å². The van der Waals surface area contributed by atoms with Crippen molar-refractivity contribution in [2.24, 2.45) is 0 Å². The van der Waals surface area contributed by atoms with Crippen LogP contribution in [0.4, 0.5) is 0 Å². The highest BCUT2D eigenvalue weighted by Crippen LogP contribution is 2.17. The Hall–Kier alpha value is -1.40. The molecule has 0 spiro atoms. The van der Waals surface area contributed by atoms with Gasteiger partial charge in [-0.05, 0) is 18.6 Å². The average Bonchev–Trinajstić information content (AvgIpc) is 2.75. The number of carbonyl (C=O) groups excluding carboxylic acids is 1. The van der Waals surface area contributed by atoms with Gasteiger partial charge in [-0.1, -0.05) is 18.2 Å². The molecule has 0 bridgehead atoms. The molecule has 1 aliphatic rings. The predicted molar refractivity (Wildman–Crippen MR) is 66.7 cm³/mol. The van der Waals surface area contributed by atoms with Crippen LogP contribution in [0.25, 0.3) is 0 Å². The zero-order valence-corrected chi connectivity index (χ0v) is 10.9. The molecule has 1 heterocycles. The molecule has 0 N–H and O–H groups in total. The molecule has 1 atom stereocenters. The summed E-state index contributed by atoms with van der Waals surface area (Å²) in [6, 6.07) is 8.93. The second-order valence-electron chi connectivity index (χ2n) is 4.33. The lowest BCUT2D eigenvalue weighted by Gasteiger charge is -2.16. The minimum Gasteiger partial charge on any atom is -0.336 e. The van der Waals surface area contributed by atoms with E-state index in [4.69, 9.17) is 4.18 Å². The normalized spacial score (nSPS) is 20.1. The lowest BCUT2D eigenvalue weighted by molar-refractivity contribution is 0.0773. The molecule has 1 fully saturated rings. The van der Waals surface area contributed by atoms with Gasteiger partial charge in [-0.3, -0.25) is 8.98 Å². The first-order chi connectivity index (χ1) is 8.46. The lowest BCUT2D eigenvalue weighted by atomic mass is 10.2. The highest BCUT2D eigenvalue weighted by Gasteiger charge is 2.29. The zero-order valence-electron chi connectivity index (χ0n) is 10.1. The van der Waals surface area contributed by atoms with E-state index in [1.54, 1.807) is 29.2 Å². The number of carbonyl (C=O) groups is 1. The standard InChI is InChI=1S/C12H15NO4S/c1-18(15,16)17-11-7-8-13(9-11)12(14)10-5-3-2-4-6-10/h2-6,11H,7-9H2,1H3/t11-/m1/s1. The Labute approximate surface area is 106 Å². The van der Waals surface area contributed by atoms with Crippen LogP contribution >= 0.6 is 0 Å². The summed E-state index contributed by atoms with van der Waals surface area (Å²) in [6.07, 6.45) is 1.15. The first-order valence-corrected chi connectivity index (χ1v) is 7.50. The first-order valence-electron chi connectivity index (χ1n) is 5.68. The van der Waals surface area contributed by atoms with Crippen LogP contribution in [0.1, 0.15) is 16.8 Å². The Morgan fingerprint density at radius 3 is 2.61 bits per heavy atom. The first kappa shape index (κ1) is 13.0. The molecule has 1 aromatic rings. The fourth-order valence-electron chi connectivity index (χ4n) is 2.00. The Kier molecular flexibility index (Phi) is 3.68. The van der Waals surface area contributed by atoms with E-state index in [0.29, 0.717) is 25.1 Å². The fraction of sp³-hybridized carbons (Fsp3) is 0.417. The summed E-state index contributed by atoms with van der Waals surface area (Å²) in [5.41, 5.74) is 0.609. The number of amides is 1. The van der Waals surface area contributed by atoms with Gasteiger partial charge >= 0.3 is 0 Å². The monoisotopic (exact) mass is 269 g/mol. The van der Waals surface area contributed by atoms with Crippen LogP contribution in [0.15, 0.2) is 30.3 Å². The van der Waals surface area contributed by atoms with Gasteiger partial charge in [0.15, 0.2) is 0 Å². The second kappa shape index (κ2) is 5.07. The molecule has 1 saturated heterocycles. The Morgan fingerprint density at radius 1 is 1.33 bits per heavy atom. The quantitative estimate of drug-likeness (QED) is 0.764. The maximum absolute atomic E-state index is 12.1. The molecule has 0 aliphatic carbocycles. The highest BCUT2D eigenvalue weighted by molar-refractivity contribution is 7.86. The van der Waals surface area contributed by atoms with E-state index in [-0.39, 0.29) is 5.91 Å². The van der Waals surface area contributed by atoms with Crippen molar-refractivity contribution in [1.82, 2.24) is 4.90 Å². The summed E-state index contributed by atoms with van der Waals surface area (Å²) >= 11 is 0. The minimum atomic E-state index is -3.46. The van der Waals surface area contributed by atoms with E-state index in [1.807, 2.05) is 6.07 Å². The summed E-state index contributed by atoms with van der Waals surface area (Å²) in [5, 5.41) is 0. The molecular weight excluding hydrogens is 254 g/mol. The van der Waals surface area contributed by atoms with Crippen molar-refractivity contribution < 1.29 is 17.4 Å². The van der Waals surface area contributed by atoms with Crippen molar-refractivity contribution in [3.05, 3.63) is 35.9 Å². The Morgan fingerprint density at radius 2 is 2.00 bits per heavy atom. The van der Waals surface area contributed by atoms with E-state index in [9.17, 15) is 13.2 Å². The molecule has 0 aromatic heterocycles. The van der Waals surface area contributed by atoms with E-state index in [2.05, 4.69) is 0 Å². The van der Waals surface area contributed by atoms with E-state index >= 15 is 0 Å². The molecular formula is C12H15NO4S. The number of likely N-dealkylation sites (tertiary alicyclic amines) is 1. The van der Waals surface area contributed by atoms with Crippen LogP contribution in [0.5, 0.6) is 0 Å². The summed E-state index contributed by atoms with van der Waals surface area (Å²) < 4.78 is 26.9. The molecule has 98 valence electrons. The van der Waals surface area contributed by atoms with Gasteiger partial charge in [0.1, 0.15) is 0 Å². The third-order valence-electron chi connectivity index (χ3n) is 2.76. The molecule has 0 radical (unpaired) electrons. The maximum atomic E-state index is 12.1. The summed E-state index contributed by atoms with van der Waals surface area (Å²) in [5.74, 6) is -0.0878. The smallest absolute Gasteiger partial charge is 0.264 e. The molecule has 0 saturated carbocycles. The fourth-order valence-corrected chi connectivity index (χ4v) is 2.65. The van der Waals surface area contributed by atoms with Gasteiger partial charge in [0, 0.05) is 18.7 Å². The van der Waals surface area contributed by atoms with Crippen LogP contribution in [-0.2, 0) is 14.3 Å². The zero-order chi connectivity index (χ0) is 13.2. The van der Waals surface area contributed by atoms with Crippen LogP contribution < -0.4 is 0 Å².